The van der Waals surface area contributed by atoms with Gasteiger partial charge in [0, 0.05) is 18.0 Å². The monoisotopic (exact) mass is 268 g/mol. The lowest BCUT2D eigenvalue weighted by Gasteiger charge is -2.13. The number of hydrogen-bond donors (Lipinski definition) is 1. The summed E-state index contributed by atoms with van der Waals surface area (Å²) in [5.41, 5.74) is 3.20. The third kappa shape index (κ3) is 2.26. The number of halogens is 1. The Bertz CT molecular complexity index is 773. The summed E-state index contributed by atoms with van der Waals surface area (Å²) < 4.78 is 13.8. The van der Waals surface area contributed by atoms with E-state index < -0.39 is 11.9 Å². The molecular weight excluding hydrogens is 255 g/mol. The van der Waals surface area contributed by atoms with Gasteiger partial charge in [0.1, 0.15) is 11.9 Å². The zero-order valence-electron chi connectivity index (χ0n) is 10.9. The fraction of sp³-hybridized carbons (Fsp3) is 0.125. The molecule has 0 bridgehead atoms. The van der Waals surface area contributed by atoms with Crippen molar-refractivity contribution in [1.82, 2.24) is 9.97 Å². The summed E-state index contributed by atoms with van der Waals surface area (Å²) in [5, 5.41) is 10.4. The number of fused-ring (bicyclic) bond motifs is 1. The molecule has 1 N–H and O–H groups in total. The Morgan fingerprint density at radius 2 is 1.75 bits per heavy atom. The van der Waals surface area contributed by atoms with Crippen molar-refractivity contribution in [3.8, 4) is 0 Å². The fourth-order valence-electron chi connectivity index (χ4n) is 2.20. The third-order valence-corrected chi connectivity index (χ3v) is 3.26. The normalized spacial score (nSPS) is 12.6. The van der Waals surface area contributed by atoms with Gasteiger partial charge in [-0.2, -0.15) is 0 Å². The van der Waals surface area contributed by atoms with Crippen LogP contribution in [0.3, 0.4) is 0 Å². The van der Waals surface area contributed by atoms with Crippen molar-refractivity contribution in [2.45, 2.75) is 13.0 Å². The van der Waals surface area contributed by atoms with Gasteiger partial charge in [0.05, 0.1) is 11.0 Å². The van der Waals surface area contributed by atoms with Crippen molar-refractivity contribution in [3.63, 3.8) is 0 Å². The van der Waals surface area contributed by atoms with E-state index in [0.29, 0.717) is 11.1 Å². The molecule has 3 aromatic rings. The second kappa shape index (κ2) is 4.98. The number of aromatic nitrogens is 2. The highest BCUT2D eigenvalue weighted by atomic mass is 19.1. The average Bonchev–Trinajstić information content (AvgIpc) is 2.48. The smallest absolute Gasteiger partial charge is 0.129 e. The van der Waals surface area contributed by atoms with E-state index in [2.05, 4.69) is 9.97 Å². The van der Waals surface area contributed by atoms with E-state index in [1.54, 1.807) is 42.7 Å². The topological polar surface area (TPSA) is 46.0 Å². The summed E-state index contributed by atoms with van der Waals surface area (Å²) in [6, 6.07) is 9.94. The van der Waals surface area contributed by atoms with Crippen molar-refractivity contribution in [2.24, 2.45) is 0 Å². The Balaban J connectivity index is 2.07. The SMILES string of the molecule is Cc1ccc(F)c(C(O)c2ccc3nccnc3c2)c1. The second-order valence-corrected chi connectivity index (χ2v) is 4.73. The highest BCUT2D eigenvalue weighted by Crippen LogP contribution is 2.26. The van der Waals surface area contributed by atoms with E-state index >= 15 is 0 Å². The fourth-order valence-corrected chi connectivity index (χ4v) is 2.20. The molecule has 0 fully saturated rings. The van der Waals surface area contributed by atoms with Crippen molar-refractivity contribution in [3.05, 3.63) is 71.3 Å². The van der Waals surface area contributed by atoms with Crippen molar-refractivity contribution in [2.75, 3.05) is 0 Å². The van der Waals surface area contributed by atoms with E-state index in [0.717, 1.165) is 11.1 Å². The lowest BCUT2D eigenvalue weighted by molar-refractivity contribution is 0.215. The molecule has 0 radical (unpaired) electrons. The van der Waals surface area contributed by atoms with Gasteiger partial charge in [0.25, 0.3) is 0 Å². The lowest BCUT2D eigenvalue weighted by Crippen LogP contribution is -2.03. The molecule has 1 heterocycles. The summed E-state index contributed by atoms with van der Waals surface area (Å²) >= 11 is 0. The van der Waals surface area contributed by atoms with Crippen LogP contribution in [-0.2, 0) is 0 Å². The molecular formula is C16H13FN2O. The summed E-state index contributed by atoms with van der Waals surface area (Å²) in [7, 11) is 0. The molecule has 0 amide bonds. The van der Waals surface area contributed by atoms with Gasteiger partial charge >= 0.3 is 0 Å². The minimum Gasteiger partial charge on any atom is -0.384 e. The minimum atomic E-state index is -1.01. The molecule has 0 saturated carbocycles. The predicted molar refractivity (Wildman–Crippen MR) is 74.7 cm³/mol. The third-order valence-electron chi connectivity index (χ3n) is 3.26. The van der Waals surface area contributed by atoms with Crippen LogP contribution in [0.1, 0.15) is 22.8 Å². The highest BCUT2D eigenvalue weighted by molar-refractivity contribution is 5.74. The quantitative estimate of drug-likeness (QED) is 0.776. The zero-order valence-corrected chi connectivity index (χ0v) is 10.9. The van der Waals surface area contributed by atoms with Crippen LogP contribution in [-0.4, -0.2) is 15.1 Å². The molecule has 2 aromatic carbocycles. The minimum absolute atomic E-state index is 0.272. The summed E-state index contributed by atoms with van der Waals surface area (Å²) in [4.78, 5) is 8.36. The molecule has 4 heteroatoms. The lowest BCUT2D eigenvalue weighted by atomic mass is 9.99. The summed E-state index contributed by atoms with van der Waals surface area (Å²) in [6.07, 6.45) is 2.19. The van der Waals surface area contributed by atoms with Crippen LogP contribution in [0.15, 0.2) is 48.8 Å². The van der Waals surface area contributed by atoms with Crippen LogP contribution in [0, 0.1) is 12.7 Å². The number of nitrogens with zero attached hydrogens (tertiary/aromatic N) is 2. The number of aliphatic hydroxyl groups is 1. The Morgan fingerprint density at radius 1 is 1.00 bits per heavy atom. The molecule has 3 nitrogen and oxygen atoms in total. The molecule has 0 aliphatic heterocycles. The van der Waals surface area contributed by atoms with Crippen LogP contribution in [0.4, 0.5) is 4.39 Å². The first-order chi connectivity index (χ1) is 9.65. The van der Waals surface area contributed by atoms with Gasteiger partial charge in [-0.05, 0) is 30.7 Å². The molecule has 0 aliphatic rings. The molecule has 3 rings (SSSR count). The van der Waals surface area contributed by atoms with Gasteiger partial charge in [-0.15, -0.1) is 0 Å². The van der Waals surface area contributed by atoms with E-state index in [9.17, 15) is 9.50 Å². The van der Waals surface area contributed by atoms with Crippen molar-refractivity contribution < 1.29 is 9.50 Å². The second-order valence-electron chi connectivity index (χ2n) is 4.73. The van der Waals surface area contributed by atoms with Gasteiger partial charge in [-0.3, -0.25) is 9.97 Å². The molecule has 0 saturated heterocycles. The average molecular weight is 268 g/mol. The maximum absolute atomic E-state index is 13.8. The first-order valence-electron chi connectivity index (χ1n) is 6.30. The maximum atomic E-state index is 13.8. The summed E-state index contributed by atoms with van der Waals surface area (Å²) in [5.74, 6) is -0.414. The van der Waals surface area contributed by atoms with Gasteiger partial charge in [0.15, 0.2) is 0 Å². The largest absolute Gasteiger partial charge is 0.384 e. The van der Waals surface area contributed by atoms with Crippen LogP contribution in [0.5, 0.6) is 0 Å². The molecule has 1 aromatic heterocycles. The maximum Gasteiger partial charge on any atom is 0.129 e. The first-order valence-corrected chi connectivity index (χ1v) is 6.30. The van der Waals surface area contributed by atoms with E-state index in [4.69, 9.17) is 0 Å². The Labute approximate surface area is 115 Å². The number of aliphatic hydroxyl groups excluding tert-OH is 1. The van der Waals surface area contributed by atoms with E-state index in [1.165, 1.54) is 6.07 Å². The molecule has 100 valence electrons. The Hall–Kier alpha value is -2.33. The molecule has 0 spiro atoms. The molecule has 1 unspecified atom stereocenters. The highest BCUT2D eigenvalue weighted by Gasteiger charge is 2.15. The van der Waals surface area contributed by atoms with Crippen molar-refractivity contribution in [1.29, 1.82) is 0 Å². The van der Waals surface area contributed by atoms with E-state index in [1.807, 2.05) is 6.92 Å². The number of hydrogen-bond acceptors (Lipinski definition) is 3. The predicted octanol–water partition coefficient (Wildman–Crippen LogP) is 3.16. The number of rotatable bonds is 2. The Morgan fingerprint density at radius 3 is 2.55 bits per heavy atom. The van der Waals surface area contributed by atoms with Crippen molar-refractivity contribution >= 4 is 11.0 Å². The van der Waals surface area contributed by atoms with Crippen LogP contribution >= 0.6 is 0 Å². The van der Waals surface area contributed by atoms with Crippen LogP contribution in [0.2, 0.25) is 0 Å². The first kappa shape index (κ1) is 12.7. The summed E-state index contributed by atoms with van der Waals surface area (Å²) in [6.45, 7) is 1.86. The van der Waals surface area contributed by atoms with Crippen LogP contribution < -0.4 is 0 Å². The standard InChI is InChI=1S/C16H13FN2O/c1-10-2-4-13(17)12(8-10)16(20)11-3-5-14-15(9-11)19-7-6-18-14/h2-9,16,20H,1H3. The zero-order chi connectivity index (χ0) is 14.1. The van der Waals surface area contributed by atoms with E-state index in [-0.39, 0.29) is 5.56 Å². The van der Waals surface area contributed by atoms with Gasteiger partial charge in [-0.1, -0.05) is 23.8 Å². The van der Waals surface area contributed by atoms with Gasteiger partial charge in [0.2, 0.25) is 0 Å². The molecule has 20 heavy (non-hydrogen) atoms. The molecule has 0 aliphatic carbocycles. The number of benzene rings is 2. The van der Waals surface area contributed by atoms with Crippen LogP contribution in [0.25, 0.3) is 11.0 Å². The number of aryl methyl sites for hydroxylation is 1. The van der Waals surface area contributed by atoms with Gasteiger partial charge < -0.3 is 5.11 Å². The Kier molecular flexibility index (Phi) is 3.16. The molecule has 1 atom stereocenters. The van der Waals surface area contributed by atoms with Gasteiger partial charge in [-0.25, -0.2) is 4.39 Å².